The molecule has 0 aliphatic heterocycles. The van der Waals surface area contributed by atoms with Crippen molar-refractivity contribution in [2.45, 2.75) is 0 Å². The Labute approximate surface area is 171 Å². The molecule has 0 radical (unpaired) electrons. The van der Waals surface area contributed by atoms with Gasteiger partial charge in [0.15, 0.2) is 0 Å². The van der Waals surface area contributed by atoms with Crippen LogP contribution in [0.1, 0.15) is 31.1 Å². The highest BCUT2D eigenvalue weighted by atomic mass is 16.4. The summed E-state index contributed by atoms with van der Waals surface area (Å²) in [5.41, 5.74) is -1.16. The van der Waals surface area contributed by atoms with Crippen LogP contribution in [0.2, 0.25) is 0 Å². The second-order valence-corrected chi connectivity index (χ2v) is 5.96. The summed E-state index contributed by atoms with van der Waals surface area (Å²) in [7, 11) is 0. The maximum Gasteiger partial charge on any atom is 0.336 e. The minimum Gasteiger partial charge on any atom is -0.478 e. The van der Waals surface area contributed by atoms with Crippen LogP contribution in [0.5, 0.6) is 0 Å². The molecular formula is C20H24O10. The molecule has 10 heteroatoms. The third-order valence-corrected chi connectivity index (χ3v) is 3.75. The zero-order valence-corrected chi connectivity index (χ0v) is 15.9. The number of aliphatic hydroxyl groups is 4. The molecule has 0 unspecified atom stereocenters. The minimum atomic E-state index is -1.23. The standard InChI is InChI=1S/C8H6O4.C7H6O2.C5H12O4/c9-7(10)5-3-1-2-4-6(5)8(11)12;8-7(9)6-4-2-1-3-5-6;6-1-5(2-7,3-8)4-9/h1-4H,(H,9,10)(H,11,12);1-5H,(H,8,9);6-9H,1-4H2. The van der Waals surface area contributed by atoms with Crippen LogP contribution in [0.25, 0.3) is 0 Å². The van der Waals surface area contributed by atoms with Gasteiger partial charge in [-0.25, -0.2) is 14.4 Å². The Morgan fingerprint density at radius 2 is 0.900 bits per heavy atom. The summed E-state index contributed by atoms with van der Waals surface area (Å²) in [5, 5.41) is 59.5. The number of benzene rings is 2. The van der Waals surface area contributed by atoms with Crippen molar-refractivity contribution in [3.63, 3.8) is 0 Å². The first-order valence-corrected chi connectivity index (χ1v) is 8.45. The molecule has 2 aromatic carbocycles. The number of hydrogen-bond acceptors (Lipinski definition) is 7. The Kier molecular flexibility index (Phi) is 12.3. The van der Waals surface area contributed by atoms with Crippen molar-refractivity contribution >= 4 is 17.9 Å². The summed E-state index contributed by atoms with van der Waals surface area (Å²) in [6.07, 6.45) is 0. The first-order chi connectivity index (χ1) is 14.2. The third-order valence-electron chi connectivity index (χ3n) is 3.75. The largest absolute Gasteiger partial charge is 0.478 e. The fraction of sp³-hybridized carbons (Fsp3) is 0.250. The van der Waals surface area contributed by atoms with Crippen molar-refractivity contribution in [1.29, 1.82) is 0 Å². The van der Waals surface area contributed by atoms with E-state index in [1.807, 2.05) is 0 Å². The van der Waals surface area contributed by atoms with E-state index in [0.717, 1.165) is 0 Å². The lowest BCUT2D eigenvalue weighted by Crippen LogP contribution is -2.37. The number of carbonyl (C=O) groups is 3. The molecule has 0 saturated heterocycles. The first-order valence-electron chi connectivity index (χ1n) is 8.45. The van der Waals surface area contributed by atoms with Crippen molar-refractivity contribution in [2.24, 2.45) is 5.41 Å². The SMILES string of the molecule is O=C(O)c1ccccc1.O=C(O)c1ccccc1C(=O)O.OCC(CO)(CO)CO. The topological polar surface area (TPSA) is 193 Å². The maximum absolute atomic E-state index is 10.5. The Morgan fingerprint density at radius 3 is 1.10 bits per heavy atom. The van der Waals surface area contributed by atoms with E-state index in [4.69, 9.17) is 35.7 Å². The molecule has 0 aromatic heterocycles. The molecule has 0 atom stereocenters. The summed E-state index contributed by atoms with van der Waals surface area (Å²) in [6, 6.07) is 13.8. The Balaban J connectivity index is 0.000000428. The number of rotatable bonds is 7. The van der Waals surface area contributed by atoms with Crippen LogP contribution in [-0.2, 0) is 0 Å². The van der Waals surface area contributed by atoms with E-state index in [2.05, 4.69) is 0 Å². The van der Waals surface area contributed by atoms with E-state index in [1.165, 1.54) is 24.3 Å². The zero-order chi connectivity index (χ0) is 23.2. The van der Waals surface area contributed by atoms with Crippen molar-refractivity contribution in [3.8, 4) is 0 Å². The molecule has 0 aliphatic rings. The molecule has 2 aromatic rings. The van der Waals surface area contributed by atoms with Gasteiger partial charge in [-0.05, 0) is 24.3 Å². The predicted molar refractivity (Wildman–Crippen MR) is 105 cm³/mol. The summed E-state index contributed by atoms with van der Waals surface area (Å²) >= 11 is 0. The van der Waals surface area contributed by atoms with Crippen LogP contribution in [0.4, 0.5) is 0 Å². The fourth-order valence-corrected chi connectivity index (χ4v) is 1.74. The molecule has 0 aliphatic carbocycles. The van der Waals surface area contributed by atoms with Crippen molar-refractivity contribution < 1.29 is 50.1 Å². The lowest BCUT2D eigenvalue weighted by molar-refractivity contribution is -0.0328. The molecule has 2 rings (SSSR count). The van der Waals surface area contributed by atoms with Gasteiger partial charge in [-0.15, -0.1) is 0 Å². The summed E-state index contributed by atoms with van der Waals surface area (Å²) < 4.78 is 0. The van der Waals surface area contributed by atoms with Crippen molar-refractivity contribution in [1.82, 2.24) is 0 Å². The second kappa shape index (κ2) is 13.8. The lowest BCUT2D eigenvalue weighted by atomic mass is 9.93. The normalized spacial score (nSPS) is 10.0. The molecule has 0 heterocycles. The van der Waals surface area contributed by atoms with Crippen LogP contribution < -0.4 is 0 Å². The first kappa shape index (κ1) is 26.7. The molecule has 30 heavy (non-hydrogen) atoms. The molecule has 0 spiro atoms. The summed E-state index contributed by atoms with van der Waals surface area (Å²) in [5.74, 6) is -3.34. The zero-order valence-electron chi connectivity index (χ0n) is 15.9. The van der Waals surface area contributed by atoms with Gasteiger partial charge >= 0.3 is 17.9 Å². The second-order valence-electron chi connectivity index (χ2n) is 5.96. The summed E-state index contributed by atoms with van der Waals surface area (Å²) in [6.45, 7) is -1.62. The van der Waals surface area contributed by atoms with Gasteiger partial charge in [0.05, 0.1) is 48.5 Å². The highest BCUT2D eigenvalue weighted by Crippen LogP contribution is 2.12. The molecule has 0 fully saturated rings. The van der Waals surface area contributed by atoms with E-state index in [9.17, 15) is 14.4 Å². The smallest absolute Gasteiger partial charge is 0.336 e. The number of aliphatic hydroxyl groups excluding tert-OH is 4. The number of aromatic carboxylic acids is 3. The number of carboxylic acids is 3. The van der Waals surface area contributed by atoms with E-state index in [0.29, 0.717) is 5.56 Å². The van der Waals surface area contributed by atoms with Gasteiger partial charge in [-0.2, -0.15) is 0 Å². The molecule has 7 N–H and O–H groups in total. The third kappa shape index (κ3) is 8.80. The van der Waals surface area contributed by atoms with Gasteiger partial charge in [0.1, 0.15) is 0 Å². The van der Waals surface area contributed by atoms with Crippen LogP contribution in [-0.4, -0.2) is 80.1 Å². The highest BCUT2D eigenvalue weighted by molar-refractivity contribution is 6.01. The van der Waals surface area contributed by atoms with Crippen LogP contribution in [0.15, 0.2) is 54.6 Å². The van der Waals surface area contributed by atoms with Crippen LogP contribution >= 0.6 is 0 Å². The summed E-state index contributed by atoms with van der Waals surface area (Å²) in [4.78, 5) is 31.1. The van der Waals surface area contributed by atoms with Crippen molar-refractivity contribution in [3.05, 3.63) is 71.3 Å². The molecule has 10 nitrogen and oxygen atoms in total. The lowest BCUT2D eigenvalue weighted by Gasteiger charge is -2.23. The molecule has 0 bridgehead atoms. The van der Waals surface area contributed by atoms with Gasteiger partial charge in [-0.3, -0.25) is 0 Å². The predicted octanol–water partition coefficient (Wildman–Crippen LogP) is 0.410. The minimum absolute atomic E-state index is 0.190. The maximum atomic E-state index is 10.5. The Morgan fingerprint density at radius 1 is 0.567 bits per heavy atom. The van der Waals surface area contributed by atoms with E-state index >= 15 is 0 Å². The molecule has 0 saturated carbocycles. The molecule has 0 amide bonds. The quantitative estimate of drug-likeness (QED) is 0.327. The molecular weight excluding hydrogens is 400 g/mol. The monoisotopic (exact) mass is 424 g/mol. The van der Waals surface area contributed by atoms with Crippen LogP contribution in [0.3, 0.4) is 0 Å². The fourth-order valence-electron chi connectivity index (χ4n) is 1.74. The van der Waals surface area contributed by atoms with E-state index in [-0.39, 0.29) is 11.1 Å². The van der Waals surface area contributed by atoms with Gasteiger partial charge in [-0.1, -0.05) is 30.3 Å². The Hall–Kier alpha value is -3.31. The van der Waals surface area contributed by atoms with Crippen molar-refractivity contribution in [2.75, 3.05) is 26.4 Å². The Bertz CT molecular complexity index is 750. The van der Waals surface area contributed by atoms with E-state index < -0.39 is 49.8 Å². The van der Waals surface area contributed by atoms with Gasteiger partial charge < -0.3 is 35.7 Å². The number of carboxylic acid groups (broad SMARTS) is 3. The van der Waals surface area contributed by atoms with Gasteiger partial charge in [0.2, 0.25) is 0 Å². The number of hydrogen-bond donors (Lipinski definition) is 7. The van der Waals surface area contributed by atoms with Gasteiger partial charge in [0, 0.05) is 0 Å². The van der Waals surface area contributed by atoms with Crippen LogP contribution in [0, 0.1) is 5.41 Å². The van der Waals surface area contributed by atoms with E-state index in [1.54, 1.807) is 30.3 Å². The molecule has 164 valence electrons. The average molecular weight is 424 g/mol. The average Bonchev–Trinajstić information content (AvgIpc) is 2.77. The highest BCUT2D eigenvalue weighted by Gasteiger charge is 2.26. The van der Waals surface area contributed by atoms with Gasteiger partial charge in [0.25, 0.3) is 0 Å².